The van der Waals surface area contributed by atoms with E-state index in [1.807, 2.05) is 0 Å². The quantitative estimate of drug-likeness (QED) is 0.751. The van der Waals surface area contributed by atoms with Crippen LogP contribution in [0.5, 0.6) is 5.75 Å². The van der Waals surface area contributed by atoms with E-state index in [-0.39, 0.29) is 12.6 Å². The van der Waals surface area contributed by atoms with Crippen LogP contribution >= 0.6 is 0 Å². The van der Waals surface area contributed by atoms with Crippen LogP contribution in [0.2, 0.25) is 0 Å². The summed E-state index contributed by atoms with van der Waals surface area (Å²) in [6.07, 6.45) is 0.458. The molecule has 0 fully saturated rings. The number of ether oxygens (including phenoxy) is 1. The van der Waals surface area contributed by atoms with E-state index in [4.69, 9.17) is 9.84 Å². The van der Waals surface area contributed by atoms with Crippen molar-refractivity contribution in [1.82, 2.24) is 5.32 Å². The number of hydrogen-bond donors (Lipinski definition) is 3. The Hall–Kier alpha value is -1.82. The zero-order chi connectivity index (χ0) is 13.5. The number of aliphatic hydroxyl groups excluding tert-OH is 1. The smallest absolute Gasteiger partial charge is 0.319 e. The van der Waals surface area contributed by atoms with Gasteiger partial charge in [-0.2, -0.15) is 0 Å². The van der Waals surface area contributed by atoms with Crippen LogP contribution in [0.3, 0.4) is 0 Å². The predicted octanol–water partition coefficient (Wildman–Crippen LogP) is 1.73. The van der Waals surface area contributed by atoms with Gasteiger partial charge in [-0.15, -0.1) is 0 Å². The lowest BCUT2D eigenvalue weighted by Gasteiger charge is -2.13. The fraction of sp³-hybridized carbons (Fsp3) is 0.417. The zero-order valence-electron chi connectivity index (χ0n) is 10.4. The molecule has 0 unspecified atom stereocenters. The minimum absolute atomic E-state index is 0.00473. The van der Waals surface area contributed by atoms with Gasteiger partial charge in [0.05, 0.1) is 7.11 Å². The molecule has 1 aromatic carbocycles. The monoisotopic (exact) mass is 256 g/mol. The molecule has 1 rings (SSSR count). The van der Waals surface area contributed by atoms with Gasteiger partial charge >= 0.3 is 6.03 Å². The minimum Gasteiger partial charge on any atom is -0.497 e. The number of hydrogen-bond acceptors (Lipinski definition) is 3. The Labute approximate surface area is 105 Å². The molecule has 6 heteroatoms. The van der Waals surface area contributed by atoms with E-state index < -0.39 is 11.8 Å². The van der Waals surface area contributed by atoms with Gasteiger partial charge in [0.15, 0.2) is 0 Å². The van der Waals surface area contributed by atoms with Crippen molar-refractivity contribution in [1.29, 1.82) is 0 Å². The van der Waals surface area contributed by atoms with Crippen molar-refractivity contribution in [3.05, 3.63) is 24.0 Å². The Bertz CT molecular complexity index is 412. The SMILES string of the molecule is COc1cc(F)cc(NC(=O)N[C@H](C)CCO)c1. The first-order valence-electron chi connectivity index (χ1n) is 5.58. The molecule has 3 N–H and O–H groups in total. The molecule has 2 amide bonds. The number of nitrogens with one attached hydrogen (secondary N) is 2. The molecule has 18 heavy (non-hydrogen) atoms. The second-order valence-corrected chi connectivity index (χ2v) is 3.89. The molecular weight excluding hydrogens is 239 g/mol. The van der Waals surface area contributed by atoms with E-state index in [0.717, 1.165) is 0 Å². The Kier molecular flexibility index (Phi) is 5.38. The van der Waals surface area contributed by atoms with Crippen LogP contribution < -0.4 is 15.4 Å². The average molecular weight is 256 g/mol. The first-order valence-corrected chi connectivity index (χ1v) is 5.58. The molecular formula is C12H17FN2O3. The highest BCUT2D eigenvalue weighted by molar-refractivity contribution is 5.89. The summed E-state index contributed by atoms with van der Waals surface area (Å²) < 4.78 is 18.1. The molecule has 0 aromatic heterocycles. The van der Waals surface area contributed by atoms with Gasteiger partial charge in [-0.25, -0.2) is 9.18 Å². The number of rotatable bonds is 5. The lowest BCUT2D eigenvalue weighted by Crippen LogP contribution is -2.36. The summed E-state index contributed by atoms with van der Waals surface area (Å²) in [6, 6.07) is 3.31. The van der Waals surface area contributed by atoms with Crippen molar-refractivity contribution < 1.29 is 19.0 Å². The standard InChI is InChI=1S/C12H17FN2O3/c1-8(3-4-16)14-12(17)15-10-5-9(13)6-11(7-10)18-2/h5-8,16H,3-4H2,1-2H3,(H2,14,15,17)/t8-/m1/s1. The minimum atomic E-state index is -0.493. The molecule has 0 aliphatic rings. The number of halogens is 1. The van der Waals surface area contributed by atoms with E-state index in [1.54, 1.807) is 6.92 Å². The van der Waals surface area contributed by atoms with Gasteiger partial charge in [-0.3, -0.25) is 0 Å². The van der Waals surface area contributed by atoms with Crippen LogP contribution in [0.15, 0.2) is 18.2 Å². The third-order valence-electron chi connectivity index (χ3n) is 2.30. The summed E-state index contributed by atoms with van der Waals surface area (Å²) in [7, 11) is 1.42. The van der Waals surface area contributed by atoms with E-state index in [0.29, 0.717) is 17.9 Å². The maximum absolute atomic E-state index is 13.2. The highest BCUT2D eigenvalue weighted by atomic mass is 19.1. The Morgan fingerprint density at radius 1 is 1.50 bits per heavy atom. The van der Waals surface area contributed by atoms with Gasteiger partial charge < -0.3 is 20.5 Å². The first-order chi connectivity index (χ1) is 8.55. The van der Waals surface area contributed by atoms with Gasteiger partial charge in [-0.1, -0.05) is 0 Å². The summed E-state index contributed by atoms with van der Waals surface area (Å²) >= 11 is 0. The molecule has 0 aliphatic heterocycles. The van der Waals surface area contributed by atoms with E-state index in [9.17, 15) is 9.18 Å². The topological polar surface area (TPSA) is 70.6 Å². The fourth-order valence-electron chi connectivity index (χ4n) is 1.41. The Morgan fingerprint density at radius 3 is 2.83 bits per heavy atom. The number of carbonyl (C=O) groups is 1. The molecule has 0 aliphatic carbocycles. The highest BCUT2D eigenvalue weighted by Gasteiger charge is 2.08. The number of benzene rings is 1. The van der Waals surface area contributed by atoms with E-state index >= 15 is 0 Å². The Balaban J connectivity index is 2.61. The van der Waals surface area contributed by atoms with Crippen molar-refractivity contribution in [2.24, 2.45) is 0 Å². The molecule has 0 saturated heterocycles. The summed E-state index contributed by atoms with van der Waals surface area (Å²) in [4.78, 5) is 11.5. The number of carbonyl (C=O) groups excluding carboxylic acids is 1. The summed E-state index contributed by atoms with van der Waals surface area (Å²) in [6.45, 7) is 1.76. The van der Waals surface area contributed by atoms with Crippen LogP contribution in [0.4, 0.5) is 14.9 Å². The summed E-state index contributed by atoms with van der Waals surface area (Å²) in [5, 5.41) is 13.8. The van der Waals surface area contributed by atoms with E-state index in [2.05, 4.69) is 10.6 Å². The van der Waals surface area contributed by atoms with E-state index in [1.165, 1.54) is 25.3 Å². The molecule has 1 aromatic rings. The molecule has 0 saturated carbocycles. The third-order valence-corrected chi connectivity index (χ3v) is 2.30. The molecule has 0 heterocycles. The Morgan fingerprint density at radius 2 is 2.22 bits per heavy atom. The molecule has 1 atom stereocenters. The number of methoxy groups -OCH3 is 1. The number of anilines is 1. The zero-order valence-corrected chi connectivity index (χ0v) is 10.4. The maximum Gasteiger partial charge on any atom is 0.319 e. The van der Waals surface area contributed by atoms with Crippen LogP contribution in [-0.4, -0.2) is 30.9 Å². The summed E-state index contributed by atoms with van der Waals surface area (Å²) in [5.41, 5.74) is 0.306. The normalized spacial score (nSPS) is 11.8. The highest BCUT2D eigenvalue weighted by Crippen LogP contribution is 2.19. The predicted molar refractivity (Wildman–Crippen MR) is 66.3 cm³/mol. The van der Waals surface area contributed by atoms with Crippen molar-refractivity contribution in [3.8, 4) is 5.75 Å². The molecule has 0 spiro atoms. The van der Waals surface area contributed by atoms with Gasteiger partial charge in [0, 0.05) is 30.5 Å². The second-order valence-electron chi connectivity index (χ2n) is 3.89. The molecule has 5 nitrogen and oxygen atoms in total. The average Bonchev–Trinajstić information content (AvgIpc) is 2.27. The number of urea groups is 1. The van der Waals surface area contributed by atoms with Crippen molar-refractivity contribution in [2.75, 3.05) is 19.0 Å². The van der Waals surface area contributed by atoms with Crippen molar-refractivity contribution in [2.45, 2.75) is 19.4 Å². The third kappa shape index (κ3) is 4.58. The van der Waals surface area contributed by atoms with Crippen molar-refractivity contribution in [3.63, 3.8) is 0 Å². The van der Waals surface area contributed by atoms with Gasteiger partial charge in [0.25, 0.3) is 0 Å². The maximum atomic E-state index is 13.2. The lowest BCUT2D eigenvalue weighted by molar-refractivity contribution is 0.241. The van der Waals surface area contributed by atoms with Gasteiger partial charge in [0.2, 0.25) is 0 Å². The van der Waals surface area contributed by atoms with Crippen LogP contribution in [-0.2, 0) is 0 Å². The first kappa shape index (κ1) is 14.2. The largest absolute Gasteiger partial charge is 0.497 e. The van der Waals surface area contributed by atoms with Gasteiger partial charge in [-0.05, 0) is 19.4 Å². The molecule has 0 bridgehead atoms. The fourth-order valence-corrected chi connectivity index (χ4v) is 1.41. The number of aliphatic hydroxyl groups is 1. The molecule has 100 valence electrons. The number of amides is 2. The van der Waals surface area contributed by atoms with Crippen LogP contribution in [0, 0.1) is 5.82 Å². The van der Waals surface area contributed by atoms with Crippen molar-refractivity contribution >= 4 is 11.7 Å². The van der Waals surface area contributed by atoms with Crippen LogP contribution in [0.1, 0.15) is 13.3 Å². The summed E-state index contributed by atoms with van der Waals surface area (Å²) in [5.74, 6) is -0.165. The molecule has 0 radical (unpaired) electrons. The lowest BCUT2D eigenvalue weighted by atomic mass is 10.2. The van der Waals surface area contributed by atoms with Crippen LogP contribution in [0.25, 0.3) is 0 Å². The van der Waals surface area contributed by atoms with Gasteiger partial charge in [0.1, 0.15) is 11.6 Å². The second kappa shape index (κ2) is 6.80.